The van der Waals surface area contributed by atoms with E-state index in [9.17, 15) is 9.90 Å². The highest BCUT2D eigenvalue weighted by Crippen LogP contribution is 2.31. The lowest BCUT2D eigenvalue weighted by Crippen LogP contribution is -2.01. The quantitative estimate of drug-likeness (QED) is 0.759. The largest absolute Gasteiger partial charge is 0.481 e. The first-order valence-electron chi connectivity index (χ1n) is 6.67. The minimum Gasteiger partial charge on any atom is -0.481 e. The second-order valence-electron chi connectivity index (χ2n) is 5.05. The Labute approximate surface area is 125 Å². The highest BCUT2D eigenvalue weighted by molar-refractivity contribution is 5.75. The number of rotatable bonds is 4. The number of aryl methyl sites for hydroxylation is 2. The zero-order chi connectivity index (χ0) is 15.9. The fourth-order valence-corrected chi connectivity index (χ4v) is 2.40. The van der Waals surface area contributed by atoms with Gasteiger partial charge in [-0.15, -0.1) is 0 Å². The number of carboxylic acid groups (broad SMARTS) is 1. The summed E-state index contributed by atoms with van der Waals surface area (Å²) in [7, 11) is 0. The zero-order valence-electron chi connectivity index (χ0n) is 12.0. The Hall–Kier alpha value is -2.67. The van der Waals surface area contributed by atoms with Crippen molar-refractivity contribution in [2.45, 2.75) is 26.4 Å². The van der Waals surface area contributed by atoms with Gasteiger partial charge in [-0.25, -0.2) is 4.98 Å². The monoisotopic (exact) mass is 302 g/mol. The standard InChI is InChI=1S/C15H14N2O5/c1-7-14(8(2)22-17-7)15(20)12-6-10-11(21-12)4-3-9(16-10)5-13(18)19/h3-4,6,15,20H,5H2,1-2H3,(H,18,19). The van der Waals surface area contributed by atoms with Gasteiger partial charge in [0.25, 0.3) is 0 Å². The molecule has 3 heterocycles. The first kappa shape index (κ1) is 14.3. The molecule has 7 nitrogen and oxygen atoms in total. The highest BCUT2D eigenvalue weighted by atomic mass is 16.5. The Kier molecular flexibility index (Phi) is 3.42. The van der Waals surface area contributed by atoms with Crippen LogP contribution in [0.3, 0.4) is 0 Å². The third-order valence-corrected chi connectivity index (χ3v) is 3.41. The molecule has 114 valence electrons. The molecule has 0 bridgehead atoms. The van der Waals surface area contributed by atoms with Crippen molar-refractivity contribution < 1.29 is 23.9 Å². The number of aliphatic hydroxyl groups excluding tert-OH is 1. The zero-order valence-corrected chi connectivity index (χ0v) is 12.0. The summed E-state index contributed by atoms with van der Waals surface area (Å²) in [5, 5.41) is 23.0. The molecule has 0 aliphatic heterocycles. The van der Waals surface area contributed by atoms with Gasteiger partial charge in [0.2, 0.25) is 0 Å². The maximum Gasteiger partial charge on any atom is 0.309 e. The van der Waals surface area contributed by atoms with Gasteiger partial charge >= 0.3 is 5.97 Å². The normalized spacial score (nSPS) is 12.7. The summed E-state index contributed by atoms with van der Waals surface area (Å²) in [6.07, 6.45) is -1.17. The van der Waals surface area contributed by atoms with Gasteiger partial charge in [-0.3, -0.25) is 4.79 Å². The van der Waals surface area contributed by atoms with Crippen LogP contribution in [0.5, 0.6) is 0 Å². The van der Waals surface area contributed by atoms with E-state index in [1.54, 1.807) is 32.0 Å². The minimum absolute atomic E-state index is 0.164. The molecule has 0 aromatic carbocycles. The van der Waals surface area contributed by atoms with E-state index in [0.29, 0.717) is 39.6 Å². The van der Waals surface area contributed by atoms with E-state index in [1.807, 2.05) is 0 Å². The van der Waals surface area contributed by atoms with Gasteiger partial charge in [-0.1, -0.05) is 5.16 Å². The number of furan rings is 1. The molecule has 0 saturated carbocycles. The van der Waals surface area contributed by atoms with Crippen LogP contribution >= 0.6 is 0 Å². The van der Waals surface area contributed by atoms with Crippen LogP contribution in [0.1, 0.15) is 34.6 Å². The Balaban J connectivity index is 1.99. The number of fused-ring (bicyclic) bond motifs is 1. The Morgan fingerprint density at radius 3 is 2.77 bits per heavy atom. The van der Waals surface area contributed by atoms with Crippen molar-refractivity contribution in [3.63, 3.8) is 0 Å². The number of pyridine rings is 1. The van der Waals surface area contributed by atoms with Gasteiger partial charge in [0.1, 0.15) is 23.1 Å². The summed E-state index contributed by atoms with van der Waals surface area (Å²) in [5.74, 6) is -0.124. The minimum atomic E-state index is -1.01. The Morgan fingerprint density at radius 2 is 2.14 bits per heavy atom. The Morgan fingerprint density at radius 1 is 1.36 bits per heavy atom. The lowest BCUT2D eigenvalue weighted by molar-refractivity contribution is -0.136. The summed E-state index contributed by atoms with van der Waals surface area (Å²) in [6.45, 7) is 3.45. The molecule has 0 aliphatic carbocycles. The molecule has 2 N–H and O–H groups in total. The number of carboxylic acids is 1. The second-order valence-corrected chi connectivity index (χ2v) is 5.05. The third kappa shape index (κ3) is 2.46. The number of aliphatic hydroxyl groups is 1. The lowest BCUT2D eigenvalue weighted by Gasteiger charge is -2.06. The van der Waals surface area contributed by atoms with Crippen molar-refractivity contribution in [2.24, 2.45) is 0 Å². The number of carbonyl (C=O) groups is 1. The molecule has 0 aliphatic rings. The van der Waals surface area contributed by atoms with Crippen molar-refractivity contribution in [1.82, 2.24) is 10.1 Å². The highest BCUT2D eigenvalue weighted by Gasteiger charge is 2.23. The number of aliphatic carboxylic acids is 1. The van der Waals surface area contributed by atoms with Crippen LogP contribution < -0.4 is 0 Å². The fourth-order valence-electron chi connectivity index (χ4n) is 2.40. The molecule has 3 aromatic rings. The first-order chi connectivity index (χ1) is 10.5. The topological polar surface area (TPSA) is 110 Å². The van der Waals surface area contributed by atoms with Gasteiger partial charge in [0.05, 0.1) is 23.4 Å². The van der Waals surface area contributed by atoms with Crippen LogP contribution in [-0.2, 0) is 11.2 Å². The average Bonchev–Trinajstić information content (AvgIpc) is 3.01. The second kappa shape index (κ2) is 5.27. The molecule has 0 fully saturated rings. The van der Waals surface area contributed by atoms with E-state index in [4.69, 9.17) is 14.0 Å². The maximum absolute atomic E-state index is 10.7. The van der Waals surface area contributed by atoms with Crippen LogP contribution in [-0.4, -0.2) is 26.3 Å². The van der Waals surface area contributed by atoms with Crippen molar-refractivity contribution in [2.75, 3.05) is 0 Å². The smallest absolute Gasteiger partial charge is 0.309 e. The van der Waals surface area contributed by atoms with Crippen LogP contribution in [0.15, 0.2) is 27.1 Å². The van der Waals surface area contributed by atoms with E-state index in [-0.39, 0.29) is 6.42 Å². The lowest BCUT2D eigenvalue weighted by atomic mass is 10.1. The van der Waals surface area contributed by atoms with Gasteiger partial charge in [-0.05, 0) is 26.0 Å². The molecule has 22 heavy (non-hydrogen) atoms. The summed E-state index contributed by atoms with van der Waals surface area (Å²) < 4.78 is 10.6. The summed E-state index contributed by atoms with van der Waals surface area (Å²) in [4.78, 5) is 14.9. The molecule has 1 atom stereocenters. The van der Waals surface area contributed by atoms with E-state index < -0.39 is 12.1 Å². The molecule has 3 aromatic heterocycles. The summed E-state index contributed by atoms with van der Waals surface area (Å²) in [5.41, 5.74) is 2.56. The molecular weight excluding hydrogens is 288 g/mol. The Bertz CT molecular complexity index is 829. The molecule has 7 heteroatoms. The average molecular weight is 302 g/mol. The number of hydrogen-bond acceptors (Lipinski definition) is 6. The molecule has 1 unspecified atom stereocenters. The van der Waals surface area contributed by atoms with E-state index in [0.717, 1.165) is 0 Å². The molecule has 0 saturated heterocycles. The fraction of sp³-hybridized carbons (Fsp3) is 0.267. The van der Waals surface area contributed by atoms with Crippen molar-refractivity contribution in [1.29, 1.82) is 0 Å². The van der Waals surface area contributed by atoms with Crippen LogP contribution in [0, 0.1) is 13.8 Å². The van der Waals surface area contributed by atoms with Crippen LogP contribution in [0.25, 0.3) is 11.1 Å². The van der Waals surface area contributed by atoms with E-state index in [2.05, 4.69) is 10.1 Å². The number of nitrogens with zero attached hydrogens (tertiary/aromatic N) is 2. The number of hydrogen-bond donors (Lipinski definition) is 2. The molecule has 3 rings (SSSR count). The first-order valence-corrected chi connectivity index (χ1v) is 6.67. The van der Waals surface area contributed by atoms with Crippen LogP contribution in [0.2, 0.25) is 0 Å². The van der Waals surface area contributed by atoms with Gasteiger partial charge in [-0.2, -0.15) is 0 Å². The van der Waals surface area contributed by atoms with Gasteiger partial charge in [0, 0.05) is 6.07 Å². The molecule has 0 spiro atoms. The SMILES string of the molecule is Cc1noc(C)c1C(O)c1cc2nc(CC(=O)O)ccc2o1. The van der Waals surface area contributed by atoms with Gasteiger partial charge in [0.15, 0.2) is 5.58 Å². The summed E-state index contributed by atoms with van der Waals surface area (Å²) >= 11 is 0. The molecular formula is C15H14N2O5. The number of aromatic nitrogens is 2. The van der Waals surface area contributed by atoms with Crippen LogP contribution in [0.4, 0.5) is 0 Å². The third-order valence-electron chi connectivity index (χ3n) is 3.41. The van der Waals surface area contributed by atoms with E-state index in [1.165, 1.54) is 0 Å². The predicted molar refractivity (Wildman–Crippen MR) is 75.4 cm³/mol. The van der Waals surface area contributed by atoms with Crippen molar-refractivity contribution in [3.05, 3.63) is 46.7 Å². The molecule has 0 radical (unpaired) electrons. The van der Waals surface area contributed by atoms with Gasteiger partial charge < -0.3 is 19.2 Å². The van der Waals surface area contributed by atoms with Crippen molar-refractivity contribution in [3.8, 4) is 0 Å². The predicted octanol–water partition coefficient (Wildman–Crippen LogP) is 2.14. The molecule has 0 amide bonds. The maximum atomic E-state index is 10.7. The van der Waals surface area contributed by atoms with E-state index >= 15 is 0 Å². The van der Waals surface area contributed by atoms with Crippen molar-refractivity contribution >= 4 is 17.1 Å². The summed E-state index contributed by atoms with van der Waals surface area (Å²) in [6, 6.07) is 4.83.